The quantitative estimate of drug-likeness (QED) is 0.523. The summed E-state index contributed by atoms with van der Waals surface area (Å²) < 4.78 is 31.7. The molecule has 190 valence electrons. The molecule has 8 nitrogen and oxygen atoms in total. The first-order valence-corrected chi connectivity index (χ1v) is 11.6. The van der Waals surface area contributed by atoms with Crippen molar-refractivity contribution in [3.8, 4) is 0 Å². The molecule has 12 heteroatoms. The Morgan fingerprint density at radius 2 is 1.50 bits per heavy atom. The molecule has 36 heavy (non-hydrogen) atoms. The normalized spacial score (nSPS) is 15.8. The van der Waals surface area contributed by atoms with Crippen LogP contribution in [0.1, 0.15) is 23.2 Å². The Kier molecular flexibility index (Phi) is 7.48. The second kappa shape index (κ2) is 10.6. The van der Waals surface area contributed by atoms with E-state index < -0.39 is 12.1 Å². The SMILES string of the molecule is O=C(O)C(F)(F)F.O=C(c1ccc(Cl)cc1)N1CCN(c2nc3ccccc3nc2NC2CC2)CC1. The first kappa shape index (κ1) is 25.5. The molecule has 0 radical (unpaired) electrons. The summed E-state index contributed by atoms with van der Waals surface area (Å²) >= 11 is 5.94. The summed E-state index contributed by atoms with van der Waals surface area (Å²) in [6.07, 6.45) is -2.73. The van der Waals surface area contributed by atoms with Gasteiger partial charge in [-0.3, -0.25) is 4.79 Å². The number of rotatable bonds is 4. The van der Waals surface area contributed by atoms with Gasteiger partial charge in [-0.25, -0.2) is 14.8 Å². The molecule has 2 N–H and O–H groups in total. The monoisotopic (exact) mass is 521 g/mol. The lowest BCUT2D eigenvalue weighted by Gasteiger charge is -2.36. The Morgan fingerprint density at radius 1 is 0.944 bits per heavy atom. The van der Waals surface area contributed by atoms with Gasteiger partial charge in [0, 0.05) is 42.8 Å². The Hall–Kier alpha value is -3.60. The van der Waals surface area contributed by atoms with E-state index in [4.69, 9.17) is 31.5 Å². The molecule has 1 saturated heterocycles. The fourth-order valence-corrected chi connectivity index (χ4v) is 3.75. The van der Waals surface area contributed by atoms with Crippen molar-refractivity contribution >= 4 is 46.1 Å². The van der Waals surface area contributed by atoms with E-state index in [1.165, 1.54) is 12.8 Å². The van der Waals surface area contributed by atoms with Crippen LogP contribution in [0, 0.1) is 0 Å². The summed E-state index contributed by atoms with van der Waals surface area (Å²) in [7, 11) is 0. The van der Waals surface area contributed by atoms with E-state index in [1.54, 1.807) is 24.3 Å². The molecule has 1 aliphatic heterocycles. The van der Waals surface area contributed by atoms with E-state index in [-0.39, 0.29) is 5.91 Å². The van der Waals surface area contributed by atoms with Crippen molar-refractivity contribution in [2.24, 2.45) is 0 Å². The highest BCUT2D eigenvalue weighted by Crippen LogP contribution is 2.31. The average molecular weight is 522 g/mol. The zero-order valence-electron chi connectivity index (χ0n) is 19.0. The minimum atomic E-state index is -5.08. The topological polar surface area (TPSA) is 98.7 Å². The minimum absolute atomic E-state index is 0.0437. The third-order valence-electron chi connectivity index (χ3n) is 5.67. The van der Waals surface area contributed by atoms with Crippen LogP contribution in [0.2, 0.25) is 5.02 Å². The number of nitrogens with zero attached hydrogens (tertiary/aromatic N) is 4. The van der Waals surface area contributed by atoms with Crippen molar-refractivity contribution in [3.63, 3.8) is 0 Å². The molecule has 0 atom stereocenters. The highest BCUT2D eigenvalue weighted by molar-refractivity contribution is 6.30. The number of hydrogen-bond donors (Lipinski definition) is 2. The fourth-order valence-electron chi connectivity index (χ4n) is 3.63. The van der Waals surface area contributed by atoms with Gasteiger partial charge in [0.2, 0.25) is 0 Å². The Morgan fingerprint density at radius 3 is 2.03 bits per heavy atom. The van der Waals surface area contributed by atoms with Crippen LogP contribution in [-0.2, 0) is 4.79 Å². The molecule has 5 rings (SSSR count). The number of halogens is 4. The lowest BCUT2D eigenvalue weighted by Crippen LogP contribution is -2.49. The minimum Gasteiger partial charge on any atom is -0.475 e. The highest BCUT2D eigenvalue weighted by Gasteiger charge is 2.38. The lowest BCUT2D eigenvalue weighted by atomic mass is 10.2. The summed E-state index contributed by atoms with van der Waals surface area (Å²) in [4.78, 5) is 35.5. The lowest BCUT2D eigenvalue weighted by molar-refractivity contribution is -0.192. The predicted octanol–water partition coefficient (Wildman–Crippen LogP) is 4.45. The Balaban J connectivity index is 0.000000384. The first-order chi connectivity index (χ1) is 17.1. The van der Waals surface area contributed by atoms with Crippen LogP contribution in [0.25, 0.3) is 11.0 Å². The number of carbonyl (C=O) groups is 2. The van der Waals surface area contributed by atoms with Crippen molar-refractivity contribution in [2.75, 3.05) is 36.4 Å². The number of fused-ring (bicyclic) bond motifs is 1. The van der Waals surface area contributed by atoms with Crippen molar-refractivity contribution in [1.29, 1.82) is 0 Å². The average Bonchev–Trinajstić information content (AvgIpc) is 3.68. The molecule has 1 saturated carbocycles. The number of carboxylic acids is 1. The molecule has 2 aliphatic rings. The van der Waals surface area contributed by atoms with Gasteiger partial charge < -0.3 is 20.2 Å². The molecule has 1 aromatic heterocycles. The fraction of sp³-hybridized carbons (Fsp3) is 0.333. The van der Waals surface area contributed by atoms with Gasteiger partial charge in [-0.15, -0.1) is 0 Å². The maximum absolute atomic E-state index is 12.8. The second-order valence-corrected chi connectivity index (χ2v) is 8.83. The number of hydrogen-bond acceptors (Lipinski definition) is 6. The van der Waals surface area contributed by atoms with Crippen LogP contribution in [0.15, 0.2) is 48.5 Å². The molecule has 3 aromatic rings. The Labute approximate surface area is 209 Å². The van der Waals surface area contributed by atoms with E-state index in [9.17, 15) is 18.0 Å². The van der Waals surface area contributed by atoms with Crippen LogP contribution < -0.4 is 10.2 Å². The standard InChI is InChI=1S/C22H22ClN5O.C2HF3O2/c23-16-7-5-15(6-8-16)22(29)28-13-11-27(12-14-28)21-20(24-17-9-10-17)25-18-3-1-2-4-19(18)26-21;3-2(4,5)1(6)7/h1-8,17H,9-14H2,(H,24,25);(H,6,7). The maximum Gasteiger partial charge on any atom is 0.490 e. The molecule has 1 amide bonds. The number of carboxylic acid groups (broad SMARTS) is 1. The molecular formula is C24H23ClF3N5O3. The zero-order valence-corrected chi connectivity index (χ0v) is 19.8. The predicted molar refractivity (Wildman–Crippen MR) is 129 cm³/mol. The molecule has 2 fully saturated rings. The smallest absolute Gasteiger partial charge is 0.475 e. The number of carbonyl (C=O) groups excluding carboxylic acids is 1. The van der Waals surface area contributed by atoms with E-state index in [0.717, 1.165) is 35.8 Å². The van der Waals surface area contributed by atoms with Gasteiger partial charge in [0.15, 0.2) is 11.6 Å². The molecule has 1 aliphatic carbocycles. The molecule has 2 aromatic carbocycles. The van der Waals surface area contributed by atoms with Gasteiger partial charge in [0.25, 0.3) is 5.91 Å². The molecule has 0 unspecified atom stereocenters. The van der Waals surface area contributed by atoms with Crippen LogP contribution in [0.4, 0.5) is 24.8 Å². The largest absolute Gasteiger partial charge is 0.490 e. The van der Waals surface area contributed by atoms with Crippen molar-refractivity contribution in [1.82, 2.24) is 14.9 Å². The highest BCUT2D eigenvalue weighted by atomic mass is 35.5. The summed E-state index contributed by atoms with van der Waals surface area (Å²) in [6, 6.07) is 15.5. The number of aromatic nitrogens is 2. The third-order valence-corrected chi connectivity index (χ3v) is 5.92. The number of alkyl halides is 3. The zero-order chi connectivity index (χ0) is 25.9. The number of para-hydroxylation sites is 2. The van der Waals surface area contributed by atoms with Gasteiger partial charge in [-0.05, 0) is 49.2 Å². The van der Waals surface area contributed by atoms with Crippen LogP contribution in [0.5, 0.6) is 0 Å². The van der Waals surface area contributed by atoms with E-state index in [0.29, 0.717) is 29.7 Å². The van der Waals surface area contributed by atoms with Crippen molar-refractivity contribution < 1.29 is 27.9 Å². The number of anilines is 2. The van der Waals surface area contributed by atoms with Crippen LogP contribution in [0.3, 0.4) is 0 Å². The van der Waals surface area contributed by atoms with Gasteiger partial charge in [0.05, 0.1) is 11.0 Å². The number of aliphatic carboxylic acids is 1. The van der Waals surface area contributed by atoms with Crippen molar-refractivity contribution in [2.45, 2.75) is 25.1 Å². The Bertz CT molecular complexity index is 1240. The summed E-state index contributed by atoms with van der Waals surface area (Å²) in [6.45, 7) is 2.76. The summed E-state index contributed by atoms with van der Waals surface area (Å²) in [5.41, 5.74) is 2.46. The molecule has 0 spiro atoms. The van der Waals surface area contributed by atoms with Gasteiger partial charge in [-0.2, -0.15) is 13.2 Å². The molecule has 2 heterocycles. The number of amides is 1. The van der Waals surface area contributed by atoms with Crippen LogP contribution >= 0.6 is 11.6 Å². The number of piperazine rings is 1. The van der Waals surface area contributed by atoms with Crippen molar-refractivity contribution in [3.05, 3.63) is 59.1 Å². The summed E-state index contributed by atoms with van der Waals surface area (Å²) in [5.74, 6) is -0.979. The number of nitrogens with one attached hydrogen (secondary N) is 1. The van der Waals surface area contributed by atoms with Gasteiger partial charge in [0.1, 0.15) is 0 Å². The van der Waals surface area contributed by atoms with E-state index in [2.05, 4.69) is 10.2 Å². The molecular weight excluding hydrogens is 499 g/mol. The van der Waals surface area contributed by atoms with E-state index >= 15 is 0 Å². The third kappa shape index (κ3) is 6.34. The second-order valence-electron chi connectivity index (χ2n) is 8.39. The summed E-state index contributed by atoms with van der Waals surface area (Å²) in [5, 5.41) is 11.3. The van der Waals surface area contributed by atoms with Gasteiger partial charge in [-0.1, -0.05) is 23.7 Å². The first-order valence-electron chi connectivity index (χ1n) is 11.2. The number of benzene rings is 2. The molecule has 0 bridgehead atoms. The van der Waals surface area contributed by atoms with E-state index in [1.807, 2.05) is 29.2 Å². The maximum atomic E-state index is 12.8. The van der Waals surface area contributed by atoms with Gasteiger partial charge >= 0.3 is 12.1 Å². The van der Waals surface area contributed by atoms with Crippen LogP contribution in [-0.4, -0.2) is 70.2 Å².